The van der Waals surface area contributed by atoms with Gasteiger partial charge in [-0.05, 0) is 57.3 Å². The Kier molecular flexibility index (Phi) is 6.80. The van der Waals surface area contributed by atoms with Crippen molar-refractivity contribution in [1.29, 1.82) is 0 Å². The lowest BCUT2D eigenvalue weighted by molar-refractivity contribution is -0.127. The molecule has 0 aromatic heterocycles. The fourth-order valence-electron chi connectivity index (χ4n) is 2.52. The molecule has 1 amide bonds. The Balaban J connectivity index is 1.73. The van der Waals surface area contributed by atoms with Crippen LogP contribution in [-0.2, 0) is 4.79 Å². The Morgan fingerprint density at radius 1 is 1.45 bits per heavy atom. The molecule has 122 valence electrons. The molecule has 0 spiro atoms. The van der Waals surface area contributed by atoms with Gasteiger partial charge in [-0.1, -0.05) is 23.2 Å². The van der Waals surface area contributed by atoms with Gasteiger partial charge in [-0.15, -0.1) is 0 Å². The molecule has 4 nitrogen and oxygen atoms in total. The summed E-state index contributed by atoms with van der Waals surface area (Å²) in [5.41, 5.74) is 0. The van der Waals surface area contributed by atoms with Crippen LogP contribution in [0.1, 0.15) is 26.2 Å². The van der Waals surface area contributed by atoms with Crippen LogP contribution in [0.2, 0.25) is 10.0 Å². The summed E-state index contributed by atoms with van der Waals surface area (Å²) in [4.78, 5) is 12.0. The SMILES string of the molecule is CC(Oc1ccc(Cl)c(Cl)c1)C(=O)NCCC1CCCNC1. The van der Waals surface area contributed by atoms with Crippen LogP contribution < -0.4 is 15.4 Å². The molecular formula is C16H22Cl2N2O2. The Morgan fingerprint density at radius 2 is 2.27 bits per heavy atom. The van der Waals surface area contributed by atoms with Gasteiger partial charge in [0, 0.05) is 12.6 Å². The van der Waals surface area contributed by atoms with Crippen LogP contribution in [0, 0.1) is 5.92 Å². The van der Waals surface area contributed by atoms with Crippen molar-refractivity contribution in [2.45, 2.75) is 32.3 Å². The second-order valence-electron chi connectivity index (χ2n) is 5.63. The van der Waals surface area contributed by atoms with E-state index in [0.717, 1.165) is 19.5 Å². The molecule has 6 heteroatoms. The maximum absolute atomic E-state index is 12.0. The topological polar surface area (TPSA) is 50.4 Å². The number of ether oxygens (including phenoxy) is 1. The highest BCUT2D eigenvalue weighted by molar-refractivity contribution is 6.42. The molecule has 1 aromatic rings. The maximum Gasteiger partial charge on any atom is 0.260 e. The van der Waals surface area contributed by atoms with Gasteiger partial charge in [0.05, 0.1) is 10.0 Å². The highest BCUT2D eigenvalue weighted by atomic mass is 35.5. The Morgan fingerprint density at radius 3 is 2.95 bits per heavy atom. The predicted molar refractivity (Wildman–Crippen MR) is 89.8 cm³/mol. The zero-order valence-corrected chi connectivity index (χ0v) is 14.2. The van der Waals surface area contributed by atoms with E-state index in [4.69, 9.17) is 27.9 Å². The van der Waals surface area contributed by atoms with Gasteiger partial charge in [0.15, 0.2) is 6.10 Å². The Labute approximate surface area is 141 Å². The van der Waals surface area contributed by atoms with E-state index in [-0.39, 0.29) is 5.91 Å². The molecule has 22 heavy (non-hydrogen) atoms. The van der Waals surface area contributed by atoms with Crippen LogP contribution >= 0.6 is 23.2 Å². The fraction of sp³-hybridized carbons (Fsp3) is 0.562. The minimum atomic E-state index is -0.568. The van der Waals surface area contributed by atoms with Crippen molar-refractivity contribution in [3.63, 3.8) is 0 Å². The summed E-state index contributed by atoms with van der Waals surface area (Å²) in [6, 6.07) is 4.97. The number of halogens is 2. The minimum absolute atomic E-state index is 0.116. The van der Waals surface area contributed by atoms with Gasteiger partial charge in [-0.3, -0.25) is 4.79 Å². The number of rotatable bonds is 6. The maximum atomic E-state index is 12.0. The molecule has 1 aliphatic heterocycles. The molecule has 1 heterocycles. The van der Waals surface area contributed by atoms with Gasteiger partial charge < -0.3 is 15.4 Å². The molecule has 0 saturated carbocycles. The predicted octanol–water partition coefficient (Wildman–Crippen LogP) is 3.27. The van der Waals surface area contributed by atoms with Gasteiger partial charge >= 0.3 is 0 Å². The molecule has 0 radical (unpaired) electrons. The van der Waals surface area contributed by atoms with Gasteiger partial charge in [-0.2, -0.15) is 0 Å². The summed E-state index contributed by atoms with van der Waals surface area (Å²) in [7, 11) is 0. The number of hydrogen-bond acceptors (Lipinski definition) is 3. The summed E-state index contributed by atoms with van der Waals surface area (Å²) in [6.07, 6.45) is 2.88. The number of carbonyl (C=O) groups excluding carboxylic acids is 1. The number of hydrogen-bond donors (Lipinski definition) is 2. The van der Waals surface area contributed by atoms with Crippen molar-refractivity contribution in [2.24, 2.45) is 5.92 Å². The lowest BCUT2D eigenvalue weighted by Crippen LogP contribution is -2.38. The van der Waals surface area contributed by atoms with E-state index in [1.54, 1.807) is 25.1 Å². The van der Waals surface area contributed by atoms with Crippen LogP contribution in [0.15, 0.2) is 18.2 Å². The lowest BCUT2D eigenvalue weighted by Gasteiger charge is -2.23. The van der Waals surface area contributed by atoms with Crippen molar-refractivity contribution in [3.8, 4) is 5.75 Å². The molecule has 2 unspecified atom stereocenters. The van der Waals surface area contributed by atoms with E-state index in [1.807, 2.05) is 0 Å². The molecule has 2 rings (SSSR count). The fourth-order valence-corrected chi connectivity index (χ4v) is 2.81. The average Bonchev–Trinajstić information content (AvgIpc) is 2.52. The Hall–Kier alpha value is -0.970. The summed E-state index contributed by atoms with van der Waals surface area (Å²) >= 11 is 11.8. The van der Waals surface area contributed by atoms with Crippen LogP contribution in [0.4, 0.5) is 0 Å². The molecule has 1 aliphatic rings. The van der Waals surface area contributed by atoms with E-state index in [2.05, 4.69) is 10.6 Å². The second-order valence-corrected chi connectivity index (χ2v) is 6.44. The third-order valence-corrected chi connectivity index (χ3v) is 4.56. The number of benzene rings is 1. The first-order valence-corrected chi connectivity index (χ1v) is 8.42. The third-order valence-electron chi connectivity index (χ3n) is 3.82. The monoisotopic (exact) mass is 344 g/mol. The quantitative estimate of drug-likeness (QED) is 0.832. The summed E-state index contributed by atoms with van der Waals surface area (Å²) in [6.45, 7) is 4.56. The van der Waals surface area contributed by atoms with Crippen molar-refractivity contribution >= 4 is 29.1 Å². The van der Waals surface area contributed by atoms with Crippen molar-refractivity contribution in [2.75, 3.05) is 19.6 Å². The molecule has 2 N–H and O–H groups in total. The van der Waals surface area contributed by atoms with Gasteiger partial charge in [0.1, 0.15) is 5.75 Å². The van der Waals surface area contributed by atoms with Crippen LogP contribution in [-0.4, -0.2) is 31.6 Å². The first-order valence-electron chi connectivity index (χ1n) is 7.66. The standard InChI is InChI=1S/C16H22Cl2N2O2/c1-11(22-13-4-5-14(17)15(18)9-13)16(21)20-8-6-12-3-2-7-19-10-12/h4-5,9,11-12,19H,2-3,6-8,10H2,1H3,(H,20,21). The van der Waals surface area contributed by atoms with Gasteiger partial charge in [0.2, 0.25) is 0 Å². The van der Waals surface area contributed by atoms with E-state index in [0.29, 0.717) is 28.3 Å². The molecule has 2 atom stereocenters. The first-order chi connectivity index (χ1) is 10.6. The number of nitrogens with one attached hydrogen (secondary N) is 2. The third kappa shape index (κ3) is 5.34. The van der Waals surface area contributed by atoms with Crippen molar-refractivity contribution in [3.05, 3.63) is 28.2 Å². The van der Waals surface area contributed by atoms with Gasteiger partial charge in [0.25, 0.3) is 5.91 Å². The zero-order chi connectivity index (χ0) is 15.9. The van der Waals surface area contributed by atoms with Crippen LogP contribution in [0.25, 0.3) is 0 Å². The molecular weight excluding hydrogens is 323 g/mol. The van der Waals surface area contributed by atoms with E-state index < -0.39 is 6.10 Å². The van der Waals surface area contributed by atoms with Crippen molar-refractivity contribution < 1.29 is 9.53 Å². The zero-order valence-electron chi connectivity index (χ0n) is 12.7. The molecule has 1 fully saturated rings. The number of amides is 1. The molecule has 0 bridgehead atoms. The number of piperidine rings is 1. The molecule has 1 aromatic carbocycles. The Bertz CT molecular complexity index is 505. The van der Waals surface area contributed by atoms with E-state index in [9.17, 15) is 4.79 Å². The average molecular weight is 345 g/mol. The summed E-state index contributed by atoms with van der Waals surface area (Å²) in [5, 5.41) is 7.18. The molecule has 0 aliphatic carbocycles. The summed E-state index contributed by atoms with van der Waals surface area (Å²) in [5.74, 6) is 1.07. The summed E-state index contributed by atoms with van der Waals surface area (Å²) < 4.78 is 5.59. The lowest BCUT2D eigenvalue weighted by atomic mass is 9.96. The van der Waals surface area contributed by atoms with E-state index >= 15 is 0 Å². The smallest absolute Gasteiger partial charge is 0.260 e. The highest BCUT2D eigenvalue weighted by Gasteiger charge is 2.17. The molecule has 1 saturated heterocycles. The normalized spacial score (nSPS) is 19.5. The van der Waals surface area contributed by atoms with Crippen LogP contribution in [0.5, 0.6) is 5.75 Å². The van der Waals surface area contributed by atoms with Crippen LogP contribution in [0.3, 0.4) is 0 Å². The highest BCUT2D eigenvalue weighted by Crippen LogP contribution is 2.26. The van der Waals surface area contributed by atoms with Crippen molar-refractivity contribution in [1.82, 2.24) is 10.6 Å². The first kappa shape index (κ1) is 17.4. The van der Waals surface area contributed by atoms with Gasteiger partial charge in [-0.25, -0.2) is 0 Å². The second kappa shape index (κ2) is 8.61. The minimum Gasteiger partial charge on any atom is -0.481 e. The largest absolute Gasteiger partial charge is 0.481 e. The number of carbonyl (C=O) groups is 1. The van der Waals surface area contributed by atoms with E-state index in [1.165, 1.54) is 12.8 Å².